The van der Waals surface area contributed by atoms with Gasteiger partial charge in [-0.25, -0.2) is 0 Å². The lowest BCUT2D eigenvalue weighted by molar-refractivity contribution is 0.0943. The van der Waals surface area contributed by atoms with Crippen molar-refractivity contribution in [2.24, 2.45) is 0 Å². The minimum Gasteiger partial charge on any atom is -0.352 e. The smallest absolute Gasteiger partial charge is 0.251 e. The summed E-state index contributed by atoms with van der Waals surface area (Å²) in [7, 11) is 0. The van der Waals surface area contributed by atoms with Crippen molar-refractivity contribution >= 4 is 11.8 Å². The van der Waals surface area contributed by atoms with Crippen LogP contribution in [0.3, 0.4) is 0 Å². The molecule has 0 aliphatic rings. The lowest BCUT2D eigenvalue weighted by Crippen LogP contribution is -2.24. The highest BCUT2D eigenvalue weighted by Crippen LogP contribution is 2.22. The Bertz CT molecular complexity index is 741. The van der Waals surface area contributed by atoms with Crippen LogP contribution in [0.2, 0.25) is 0 Å². The van der Waals surface area contributed by atoms with Gasteiger partial charge in [0.05, 0.1) is 0 Å². The summed E-state index contributed by atoms with van der Waals surface area (Å²) in [6.45, 7) is 9.56. The van der Waals surface area contributed by atoms with E-state index in [2.05, 4.69) is 31.4 Å². The summed E-state index contributed by atoms with van der Waals surface area (Å²) in [6.07, 6.45) is 0.909. The van der Waals surface area contributed by atoms with Crippen molar-refractivity contribution in [3.8, 4) is 0 Å². The first-order chi connectivity index (χ1) is 12.3. The van der Waals surface area contributed by atoms with E-state index in [0.29, 0.717) is 24.2 Å². The number of amides is 2. The molecule has 0 radical (unpaired) electrons. The van der Waals surface area contributed by atoms with Crippen molar-refractivity contribution in [2.75, 3.05) is 6.54 Å². The maximum absolute atomic E-state index is 12.3. The van der Waals surface area contributed by atoms with Gasteiger partial charge in [0.15, 0.2) is 0 Å². The van der Waals surface area contributed by atoms with Gasteiger partial charge in [-0.1, -0.05) is 52.0 Å². The minimum absolute atomic E-state index is 0.0682. The molecule has 4 nitrogen and oxygen atoms in total. The Morgan fingerprint density at radius 2 is 1.31 bits per heavy atom. The van der Waals surface area contributed by atoms with Gasteiger partial charge < -0.3 is 10.6 Å². The van der Waals surface area contributed by atoms with E-state index < -0.39 is 0 Å². The van der Waals surface area contributed by atoms with Crippen molar-refractivity contribution in [3.05, 3.63) is 70.8 Å². The van der Waals surface area contributed by atoms with E-state index >= 15 is 0 Å². The summed E-state index contributed by atoms with van der Waals surface area (Å²) in [5.74, 6) is -0.170. The molecule has 0 bridgehead atoms. The van der Waals surface area contributed by atoms with Crippen LogP contribution in [0.15, 0.2) is 48.5 Å². The second-order valence-corrected chi connectivity index (χ2v) is 7.46. The van der Waals surface area contributed by atoms with Crippen molar-refractivity contribution in [1.29, 1.82) is 0 Å². The number of benzene rings is 2. The third-order valence-electron chi connectivity index (χ3n) is 4.22. The molecule has 0 aromatic heterocycles. The molecule has 2 amide bonds. The van der Waals surface area contributed by atoms with Gasteiger partial charge >= 0.3 is 0 Å². The molecule has 2 aromatic rings. The van der Waals surface area contributed by atoms with E-state index in [-0.39, 0.29) is 17.2 Å². The molecule has 0 aliphatic heterocycles. The van der Waals surface area contributed by atoms with Crippen molar-refractivity contribution in [1.82, 2.24) is 10.6 Å². The molecule has 0 fully saturated rings. The Morgan fingerprint density at radius 1 is 0.808 bits per heavy atom. The summed E-state index contributed by atoms with van der Waals surface area (Å²) in [6, 6.07) is 15.0. The monoisotopic (exact) mass is 352 g/mol. The maximum atomic E-state index is 12.3. The lowest BCUT2D eigenvalue weighted by Gasteiger charge is -2.19. The highest BCUT2D eigenvalue weighted by atomic mass is 16.2. The Morgan fingerprint density at radius 3 is 1.81 bits per heavy atom. The Hall–Kier alpha value is -2.62. The van der Waals surface area contributed by atoms with Gasteiger partial charge in [0.2, 0.25) is 0 Å². The van der Waals surface area contributed by atoms with Crippen LogP contribution in [-0.2, 0) is 12.0 Å². The minimum atomic E-state index is -0.102. The molecule has 2 rings (SSSR count). The third-order valence-corrected chi connectivity index (χ3v) is 4.22. The van der Waals surface area contributed by atoms with Crippen molar-refractivity contribution < 1.29 is 9.59 Å². The summed E-state index contributed by atoms with van der Waals surface area (Å²) < 4.78 is 0. The molecule has 138 valence electrons. The molecule has 0 unspecified atom stereocenters. The highest BCUT2D eigenvalue weighted by molar-refractivity contribution is 5.95. The molecular formula is C22H28N2O2. The fraction of sp³-hybridized carbons (Fsp3) is 0.364. The SMILES string of the molecule is CCCNC(=O)c1ccc(CNC(=O)c2ccc(C(C)(C)C)cc2)cc1. The molecule has 4 heteroatoms. The molecule has 0 heterocycles. The first-order valence-electron chi connectivity index (χ1n) is 9.07. The van der Waals surface area contributed by atoms with Crippen LogP contribution < -0.4 is 10.6 Å². The van der Waals surface area contributed by atoms with Crippen molar-refractivity contribution in [2.45, 2.75) is 46.1 Å². The fourth-order valence-corrected chi connectivity index (χ4v) is 2.52. The second kappa shape index (κ2) is 8.65. The van der Waals surface area contributed by atoms with Gasteiger partial charge in [-0.3, -0.25) is 9.59 Å². The van der Waals surface area contributed by atoms with Crippen LogP contribution in [0.25, 0.3) is 0 Å². The van der Waals surface area contributed by atoms with E-state index in [1.807, 2.05) is 43.3 Å². The predicted molar refractivity (Wildman–Crippen MR) is 105 cm³/mol. The lowest BCUT2D eigenvalue weighted by atomic mass is 9.87. The van der Waals surface area contributed by atoms with E-state index in [1.165, 1.54) is 5.56 Å². The van der Waals surface area contributed by atoms with Crippen molar-refractivity contribution in [3.63, 3.8) is 0 Å². The quantitative estimate of drug-likeness (QED) is 0.824. The third kappa shape index (κ3) is 5.45. The largest absolute Gasteiger partial charge is 0.352 e. The van der Waals surface area contributed by atoms with Crippen LogP contribution >= 0.6 is 0 Å². The first-order valence-corrected chi connectivity index (χ1v) is 9.07. The molecule has 2 N–H and O–H groups in total. The second-order valence-electron chi connectivity index (χ2n) is 7.46. The van der Waals surface area contributed by atoms with Crippen LogP contribution in [-0.4, -0.2) is 18.4 Å². The van der Waals surface area contributed by atoms with E-state index in [1.54, 1.807) is 12.1 Å². The molecule has 0 saturated heterocycles. The summed E-state index contributed by atoms with van der Waals surface area (Å²) in [5.41, 5.74) is 3.50. The van der Waals surface area contributed by atoms with E-state index in [4.69, 9.17) is 0 Å². The average Bonchev–Trinajstić information content (AvgIpc) is 2.64. The van der Waals surface area contributed by atoms with Gasteiger partial charge in [0.25, 0.3) is 11.8 Å². The Labute approximate surface area is 156 Å². The molecule has 0 saturated carbocycles. The number of rotatable bonds is 6. The number of hydrogen-bond donors (Lipinski definition) is 2. The standard InChI is InChI=1S/C22H28N2O2/c1-5-14-23-20(25)17-8-6-16(7-9-17)15-24-21(26)18-10-12-19(13-11-18)22(2,3)4/h6-13H,5,14-15H2,1-4H3,(H,23,25)(H,24,26). The molecule has 0 spiro atoms. The zero-order chi connectivity index (χ0) is 19.2. The van der Waals surface area contributed by atoms with Crippen LogP contribution in [0.5, 0.6) is 0 Å². The van der Waals surface area contributed by atoms with Gasteiger partial charge in [0, 0.05) is 24.2 Å². The zero-order valence-corrected chi connectivity index (χ0v) is 16.1. The van der Waals surface area contributed by atoms with Gasteiger partial charge in [-0.15, -0.1) is 0 Å². The predicted octanol–water partition coefficient (Wildman–Crippen LogP) is 4.05. The van der Waals surface area contributed by atoms with Gasteiger partial charge in [-0.05, 0) is 47.2 Å². The Kier molecular flexibility index (Phi) is 6.56. The van der Waals surface area contributed by atoms with Gasteiger partial charge in [-0.2, -0.15) is 0 Å². The normalized spacial score (nSPS) is 11.1. The highest BCUT2D eigenvalue weighted by Gasteiger charge is 2.14. The summed E-state index contributed by atoms with van der Waals surface area (Å²) in [4.78, 5) is 24.2. The topological polar surface area (TPSA) is 58.2 Å². The summed E-state index contributed by atoms with van der Waals surface area (Å²) in [5, 5.41) is 5.76. The molecular weight excluding hydrogens is 324 g/mol. The number of carbonyl (C=O) groups excluding carboxylic acids is 2. The molecule has 2 aromatic carbocycles. The number of carbonyl (C=O) groups is 2. The molecule has 0 atom stereocenters. The van der Waals surface area contributed by atoms with E-state index in [9.17, 15) is 9.59 Å². The van der Waals surface area contributed by atoms with E-state index in [0.717, 1.165) is 12.0 Å². The van der Waals surface area contributed by atoms with Crippen LogP contribution in [0, 0.1) is 0 Å². The number of nitrogens with one attached hydrogen (secondary N) is 2. The Balaban J connectivity index is 1.92. The maximum Gasteiger partial charge on any atom is 0.251 e. The van der Waals surface area contributed by atoms with Gasteiger partial charge in [0.1, 0.15) is 0 Å². The molecule has 26 heavy (non-hydrogen) atoms. The fourth-order valence-electron chi connectivity index (χ4n) is 2.52. The van der Waals surface area contributed by atoms with Crippen LogP contribution in [0.4, 0.5) is 0 Å². The molecule has 0 aliphatic carbocycles. The zero-order valence-electron chi connectivity index (χ0n) is 16.1. The first kappa shape index (κ1) is 19.7. The average molecular weight is 352 g/mol. The summed E-state index contributed by atoms with van der Waals surface area (Å²) >= 11 is 0. The van der Waals surface area contributed by atoms with Crippen LogP contribution in [0.1, 0.15) is 66.0 Å². The number of hydrogen-bond acceptors (Lipinski definition) is 2.